The van der Waals surface area contributed by atoms with Gasteiger partial charge in [-0.05, 0) is 56.0 Å². The summed E-state index contributed by atoms with van der Waals surface area (Å²) in [5.41, 5.74) is 2.13. The Hall–Kier alpha value is -1.95. The highest BCUT2D eigenvalue weighted by Crippen LogP contribution is 2.25. The van der Waals surface area contributed by atoms with E-state index in [1.54, 1.807) is 6.20 Å². The summed E-state index contributed by atoms with van der Waals surface area (Å²) in [4.78, 5) is 10.9. The van der Waals surface area contributed by atoms with Gasteiger partial charge in [-0.1, -0.05) is 47.1 Å². The summed E-state index contributed by atoms with van der Waals surface area (Å²) in [7, 11) is 0. The molecule has 0 amide bonds. The molecule has 2 aromatic heterocycles. The molecule has 1 aromatic carbocycles. The fourth-order valence-corrected chi connectivity index (χ4v) is 3.67. The van der Waals surface area contributed by atoms with Gasteiger partial charge in [-0.3, -0.25) is 4.90 Å². The Morgan fingerprint density at radius 3 is 2.59 bits per heavy atom. The summed E-state index contributed by atoms with van der Waals surface area (Å²) < 4.78 is 5.41. The van der Waals surface area contributed by atoms with Gasteiger partial charge in [0.15, 0.2) is 0 Å². The quantitative estimate of drug-likeness (QED) is 0.578. The van der Waals surface area contributed by atoms with Crippen molar-refractivity contribution in [1.82, 2.24) is 20.0 Å². The maximum absolute atomic E-state index is 6.10. The Balaban J connectivity index is 0.00000210. The summed E-state index contributed by atoms with van der Waals surface area (Å²) >= 11 is 6.10. The van der Waals surface area contributed by atoms with Crippen molar-refractivity contribution in [2.75, 3.05) is 13.1 Å². The molecule has 0 saturated carbocycles. The Morgan fingerprint density at radius 2 is 1.85 bits per heavy atom. The normalized spacial score (nSPS) is 15.4. The zero-order chi connectivity index (χ0) is 17.8. The third-order valence-corrected chi connectivity index (χ3v) is 5.20. The molecule has 0 N–H and O–H groups in total. The lowest BCUT2D eigenvalue weighted by molar-refractivity contribution is 0.159. The summed E-state index contributed by atoms with van der Waals surface area (Å²) in [6, 6.07) is 14.4. The van der Waals surface area contributed by atoms with E-state index in [0.29, 0.717) is 29.0 Å². The van der Waals surface area contributed by atoms with Gasteiger partial charge in [-0.2, -0.15) is 4.98 Å². The molecular formula is C20H22Cl2N4O. The molecule has 0 bridgehead atoms. The molecule has 3 heterocycles. The molecule has 0 aliphatic carbocycles. The minimum absolute atomic E-state index is 0. The number of halogens is 2. The average molecular weight is 405 g/mol. The molecule has 3 aromatic rings. The molecule has 27 heavy (non-hydrogen) atoms. The highest BCUT2D eigenvalue weighted by atomic mass is 35.5. The average Bonchev–Trinajstić information content (AvgIpc) is 3.13. The van der Waals surface area contributed by atoms with E-state index < -0.39 is 0 Å². The van der Waals surface area contributed by atoms with E-state index in [9.17, 15) is 0 Å². The second-order valence-electron chi connectivity index (χ2n) is 6.76. The highest BCUT2D eigenvalue weighted by Gasteiger charge is 2.21. The molecule has 0 spiro atoms. The van der Waals surface area contributed by atoms with E-state index in [0.717, 1.165) is 19.0 Å². The van der Waals surface area contributed by atoms with Crippen LogP contribution in [0.2, 0.25) is 5.15 Å². The van der Waals surface area contributed by atoms with Crippen LogP contribution in [-0.2, 0) is 13.0 Å². The second kappa shape index (κ2) is 9.31. The van der Waals surface area contributed by atoms with Crippen LogP contribution in [0.5, 0.6) is 0 Å². The number of pyridine rings is 1. The first-order valence-corrected chi connectivity index (χ1v) is 9.35. The zero-order valence-electron chi connectivity index (χ0n) is 14.9. The number of likely N-dealkylation sites (tertiary alicyclic amines) is 1. The highest BCUT2D eigenvalue weighted by molar-refractivity contribution is 6.31. The standard InChI is InChI=1S/C20H21ClN4O.ClH/c21-19-17(7-4-10-22-19)20-23-18(26-24-20)14-25-11-8-16(9-12-25)13-15-5-2-1-3-6-15;/h1-7,10,16H,8-9,11-14H2;1H. The Morgan fingerprint density at radius 1 is 1.07 bits per heavy atom. The number of benzene rings is 1. The van der Waals surface area contributed by atoms with Crippen LogP contribution < -0.4 is 0 Å². The van der Waals surface area contributed by atoms with Crippen LogP contribution in [0.15, 0.2) is 53.2 Å². The van der Waals surface area contributed by atoms with Crippen LogP contribution in [0.25, 0.3) is 11.4 Å². The van der Waals surface area contributed by atoms with Crippen LogP contribution >= 0.6 is 24.0 Å². The molecule has 0 unspecified atom stereocenters. The number of hydrogen-bond donors (Lipinski definition) is 0. The summed E-state index contributed by atoms with van der Waals surface area (Å²) in [6.07, 6.45) is 5.21. The molecule has 7 heteroatoms. The predicted molar refractivity (Wildman–Crippen MR) is 108 cm³/mol. The third-order valence-electron chi connectivity index (χ3n) is 4.90. The third kappa shape index (κ3) is 5.06. The fourth-order valence-electron chi connectivity index (χ4n) is 3.47. The topological polar surface area (TPSA) is 55.1 Å². The maximum Gasteiger partial charge on any atom is 0.241 e. The largest absolute Gasteiger partial charge is 0.338 e. The van der Waals surface area contributed by atoms with Gasteiger partial charge >= 0.3 is 0 Å². The van der Waals surface area contributed by atoms with Gasteiger partial charge in [0.1, 0.15) is 5.15 Å². The van der Waals surface area contributed by atoms with Gasteiger partial charge in [-0.25, -0.2) is 4.98 Å². The van der Waals surface area contributed by atoms with Gasteiger partial charge in [-0.15, -0.1) is 12.4 Å². The van der Waals surface area contributed by atoms with Crippen molar-refractivity contribution in [2.45, 2.75) is 25.8 Å². The molecule has 1 fully saturated rings. The van der Waals surface area contributed by atoms with Crippen LogP contribution in [0, 0.1) is 5.92 Å². The van der Waals surface area contributed by atoms with Crippen LogP contribution in [0.3, 0.4) is 0 Å². The Labute approximate surface area is 170 Å². The smallest absolute Gasteiger partial charge is 0.241 e. The van der Waals surface area contributed by atoms with Crippen molar-refractivity contribution in [3.8, 4) is 11.4 Å². The molecule has 5 nitrogen and oxygen atoms in total. The predicted octanol–water partition coefficient (Wildman–Crippen LogP) is 4.66. The Bertz CT molecular complexity index is 848. The number of hydrogen-bond acceptors (Lipinski definition) is 5. The van der Waals surface area contributed by atoms with E-state index in [2.05, 4.69) is 50.4 Å². The molecule has 1 aliphatic heterocycles. The Kier molecular flexibility index (Phi) is 6.83. The van der Waals surface area contributed by atoms with E-state index in [1.165, 1.54) is 24.8 Å². The van der Waals surface area contributed by atoms with Crippen molar-refractivity contribution >= 4 is 24.0 Å². The molecule has 4 rings (SSSR count). The van der Waals surface area contributed by atoms with E-state index in [4.69, 9.17) is 16.1 Å². The summed E-state index contributed by atoms with van der Waals surface area (Å²) in [6.45, 7) is 2.80. The van der Waals surface area contributed by atoms with E-state index in [1.807, 2.05) is 12.1 Å². The minimum Gasteiger partial charge on any atom is -0.338 e. The van der Waals surface area contributed by atoms with Gasteiger partial charge in [0, 0.05) is 6.20 Å². The van der Waals surface area contributed by atoms with Gasteiger partial charge in [0.25, 0.3) is 0 Å². The van der Waals surface area contributed by atoms with Gasteiger partial charge in [0.05, 0.1) is 12.1 Å². The van der Waals surface area contributed by atoms with Crippen LogP contribution in [0.1, 0.15) is 24.3 Å². The van der Waals surface area contributed by atoms with E-state index in [-0.39, 0.29) is 12.4 Å². The van der Waals surface area contributed by atoms with E-state index >= 15 is 0 Å². The number of rotatable bonds is 5. The molecule has 142 valence electrons. The SMILES string of the molecule is Cl.Clc1ncccc1-c1noc(CN2CCC(Cc3ccccc3)CC2)n1. The zero-order valence-corrected chi connectivity index (χ0v) is 16.5. The molecule has 0 atom stereocenters. The number of piperidine rings is 1. The lowest BCUT2D eigenvalue weighted by Crippen LogP contribution is -2.33. The lowest BCUT2D eigenvalue weighted by Gasteiger charge is -2.31. The monoisotopic (exact) mass is 404 g/mol. The molecule has 1 aliphatic rings. The minimum atomic E-state index is 0. The van der Waals surface area contributed by atoms with Gasteiger partial charge < -0.3 is 4.52 Å². The number of aromatic nitrogens is 3. The first-order valence-electron chi connectivity index (χ1n) is 8.97. The van der Waals surface area contributed by atoms with Crippen molar-refractivity contribution < 1.29 is 4.52 Å². The van der Waals surface area contributed by atoms with Crippen LogP contribution in [0.4, 0.5) is 0 Å². The first kappa shape index (κ1) is 19.8. The maximum atomic E-state index is 6.10. The lowest BCUT2D eigenvalue weighted by atomic mass is 9.90. The second-order valence-corrected chi connectivity index (χ2v) is 7.12. The van der Waals surface area contributed by atoms with Crippen molar-refractivity contribution in [3.63, 3.8) is 0 Å². The summed E-state index contributed by atoms with van der Waals surface area (Å²) in [5.74, 6) is 1.87. The van der Waals surface area contributed by atoms with Crippen molar-refractivity contribution in [1.29, 1.82) is 0 Å². The number of nitrogens with zero attached hydrogens (tertiary/aromatic N) is 4. The fraction of sp³-hybridized carbons (Fsp3) is 0.350. The van der Waals surface area contributed by atoms with Crippen molar-refractivity contribution in [3.05, 3.63) is 65.3 Å². The molecule has 0 radical (unpaired) electrons. The van der Waals surface area contributed by atoms with Gasteiger partial charge in [0.2, 0.25) is 11.7 Å². The van der Waals surface area contributed by atoms with Crippen molar-refractivity contribution in [2.24, 2.45) is 5.92 Å². The molecule has 1 saturated heterocycles. The first-order chi connectivity index (χ1) is 12.8. The summed E-state index contributed by atoms with van der Waals surface area (Å²) in [5, 5.41) is 4.44. The van der Waals surface area contributed by atoms with Crippen LogP contribution in [-0.4, -0.2) is 33.1 Å². The molecular weight excluding hydrogens is 383 g/mol.